The van der Waals surface area contributed by atoms with E-state index < -0.39 is 0 Å². The molecule has 0 saturated heterocycles. The molecule has 0 spiro atoms. The van der Waals surface area contributed by atoms with Gasteiger partial charge in [-0.2, -0.15) is 0 Å². The Morgan fingerprint density at radius 2 is 2.12 bits per heavy atom. The molecule has 0 aromatic heterocycles. The van der Waals surface area contributed by atoms with Crippen LogP contribution in [0.4, 0.5) is 0 Å². The van der Waals surface area contributed by atoms with E-state index in [0.29, 0.717) is 6.61 Å². The SMILES string of the molecule is C=C(O)/C=C\CCC.OCC1=C/CCc2ccccc2OC/C=C\1. The molecular weight excluding hydrogens is 300 g/mol. The van der Waals surface area contributed by atoms with E-state index in [2.05, 4.69) is 25.6 Å². The lowest BCUT2D eigenvalue weighted by atomic mass is 10.1. The molecule has 1 aliphatic heterocycles. The molecule has 3 nitrogen and oxygen atoms in total. The maximum Gasteiger partial charge on any atom is 0.122 e. The Bertz CT molecular complexity index is 583. The third kappa shape index (κ3) is 8.39. The van der Waals surface area contributed by atoms with Gasteiger partial charge in [-0.3, -0.25) is 0 Å². The first-order valence-electron chi connectivity index (χ1n) is 8.39. The Kier molecular flexibility index (Phi) is 10.1. The second-order valence-corrected chi connectivity index (χ2v) is 5.48. The number of fused-ring (bicyclic) bond motifs is 1. The maximum absolute atomic E-state index is 9.10. The first kappa shape index (κ1) is 19.8. The smallest absolute Gasteiger partial charge is 0.122 e. The van der Waals surface area contributed by atoms with E-state index in [4.69, 9.17) is 14.9 Å². The summed E-state index contributed by atoms with van der Waals surface area (Å²) in [7, 11) is 0. The van der Waals surface area contributed by atoms with E-state index in [1.54, 1.807) is 6.08 Å². The molecule has 0 fully saturated rings. The number of aliphatic hydroxyl groups excluding tert-OH is 2. The highest BCUT2D eigenvalue weighted by molar-refractivity contribution is 5.34. The lowest BCUT2D eigenvalue weighted by Gasteiger charge is -2.10. The standard InChI is InChI=1S/C14H16O2.C7H12O/c15-11-12-5-3-8-13-7-1-2-9-14(13)16-10-4-6-12;1-3-4-5-6-7(2)8/h1-2,4-7,9,15H,3,8,10-11H2;5-6,8H,2-4H2,1H3/b6-4-,12-5+;6-5-. The molecule has 130 valence electrons. The van der Waals surface area contributed by atoms with Gasteiger partial charge in [0.1, 0.15) is 18.1 Å². The molecule has 1 aromatic rings. The molecule has 1 aromatic carbocycles. The van der Waals surface area contributed by atoms with Crippen molar-refractivity contribution in [3.8, 4) is 5.75 Å². The third-order valence-electron chi connectivity index (χ3n) is 3.41. The molecular formula is C21H28O3. The van der Waals surface area contributed by atoms with Crippen molar-refractivity contribution in [3.63, 3.8) is 0 Å². The van der Waals surface area contributed by atoms with Gasteiger partial charge in [0, 0.05) is 0 Å². The number of allylic oxidation sites excluding steroid dienone is 3. The van der Waals surface area contributed by atoms with E-state index >= 15 is 0 Å². The van der Waals surface area contributed by atoms with Gasteiger partial charge in [0.05, 0.1) is 6.61 Å². The summed E-state index contributed by atoms with van der Waals surface area (Å²) in [5.41, 5.74) is 2.19. The number of unbranched alkanes of at least 4 members (excludes halogenated alkanes) is 1. The average Bonchev–Trinajstić information content (AvgIpc) is 2.59. The highest BCUT2D eigenvalue weighted by Gasteiger charge is 2.02. The van der Waals surface area contributed by atoms with Crippen LogP contribution >= 0.6 is 0 Å². The summed E-state index contributed by atoms with van der Waals surface area (Å²) in [6.07, 6.45) is 13.5. The normalized spacial score (nSPS) is 17.5. The summed E-state index contributed by atoms with van der Waals surface area (Å²) in [5, 5.41) is 17.6. The quantitative estimate of drug-likeness (QED) is 0.610. The molecule has 3 heteroatoms. The van der Waals surface area contributed by atoms with Gasteiger partial charge >= 0.3 is 0 Å². The summed E-state index contributed by atoms with van der Waals surface area (Å²) < 4.78 is 5.66. The number of hydrogen-bond donors (Lipinski definition) is 2. The van der Waals surface area contributed by atoms with Crippen molar-refractivity contribution in [3.05, 3.63) is 78.1 Å². The Balaban J connectivity index is 0.000000307. The van der Waals surface area contributed by atoms with Crippen molar-refractivity contribution in [2.24, 2.45) is 0 Å². The number of ether oxygens (including phenoxy) is 1. The van der Waals surface area contributed by atoms with Crippen molar-refractivity contribution >= 4 is 0 Å². The third-order valence-corrected chi connectivity index (χ3v) is 3.41. The molecule has 1 heterocycles. The molecule has 2 rings (SSSR count). The van der Waals surface area contributed by atoms with E-state index in [1.165, 1.54) is 5.56 Å². The van der Waals surface area contributed by atoms with Crippen molar-refractivity contribution in [2.45, 2.75) is 32.6 Å². The first-order valence-corrected chi connectivity index (χ1v) is 8.39. The van der Waals surface area contributed by atoms with Crippen molar-refractivity contribution in [1.29, 1.82) is 0 Å². The fourth-order valence-corrected chi connectivity index (χ4v) is 2.17. The van der Waals surface area contributed by atoms with Crippen molar-refractivity contribution < 1.29 is 14.9 Å². The zero-order valence-electron chi connectivity index (χ0n) is 14.4. The number of aryl methyl sites for hydroxylation is 1. The zero-order valence-corrected chi connectivity index (χ0v) is 14.4. The molecule has 24 heavy (non-hydrogen) atoms. The maximum atomic E-state index is 9.10. The summed E-state index contributed by atoms with van der Waals surface area (Å²) in [6.45, 7) is 6.03. The fourth-order valence-electron chi connectivity index (χ4n) is 2.17. The zero-order chi connectivity index (χ0) is 17.6. The van der Waals surface area contributed by atoms with Crippen LogP contribution < -0.4 is 4.74 Å². The van der Waals surface area contributed by atoms with Crippen LogP contribution in [0.5, 0.6) is 5.75 Å². The summed E-state index contributed by atoms with van der Waals surface area (Å²) in [4.78, 5) is 0. The summed E-state index contributed by atoms with van der Waals surface area (Å²) >= 11 is 0. The van der Waals surface area contributed by atoms with E-state index in [-0.39, 0.29) is 12.4 Å². The van der Waals surface area contributed by atoms with Crippen molar-refractivity contribution in [1.82, 2.24) is 0 Å². The largest absolute Gasteiger partial charge is 0.509 e. The van der Waals surface area contributed by atoms with Gasteiger partial charge in [0.15, 0.2) is 0 Å². The highest BCUT2D eigenvalue weighted by atomic mass is 16.5. The van der Waals surface area contributed by atoms with Gasteiger partial charge < -0.3 is 14.9 Å². The van der Waals surface area contributed by atoms with Gasteiger partial charge in [0.2, 0.25) is 0 Å². The van der Waals surface area contributed by atoms with E-state index in [0.717, 1.165) is 37.0 Å². The van der Waals surface area contributed by atoms with Gasteiger partial charge in [0.25, 0.3) is 0 Å². The Hall–Kier alpha value is -2.26. The molecule has 1 aliphatic rings. The Morgan fingerprint density at radius 3 is 2.83 bits per heavy atom. The minimum atomic E-state index is 0.0954. The van der Waals surface area contributed by atoms with Crippen LogP contribution in [0.3, 0.4) is 0 Å². The topological polar surface area (TPSA) is 49.7 Å². The van der Waals surface area contributed by atoms with Crippen LogP contribution in [0.15, 0.2) is 72.6 Å². The van der Waals surface area contributed by atoms with Crippen LogP contribution in [0.2, 0.25) is 0 Å². The number of hydrogen-bond acceptors (Lipinski definition) is 3. The Labute approximate surface area is 145 Å². The van der Waals surface area contributed by atoms with E-state index in [1.807, 2.05) is 36.4 Å². The number of para-hydroxylation sites is 1. The van der Waals surface area contributed by atoms with E-state index in [9.17, 15) is 0 Å². The van der Waals surface area contributed by atoms with Gasteiger partial charge in [-0.05, 0) is 48.6 Å². The molecule has 2 N–H and O–H groups in total. The second kappa shape index (κ2) is 12.2. The lowest BCUT2D eigenvalue weighted by molar-refractivity contribution is 0.333. The first-order chi connectivity index (χ1) is 11.7. The molecule has 0 radical (unpaired) electrons. The average molecular weight is 328 g/mol. The van der Waals surface area contributed by atoms with Crippen molar-refractivity contribution in [2.75, 3.05) is 13.2 Å². The minimum absolute atomic E-state index is 0.0954. The van der Waals surface area contributed by atoms with Gasteiger partial charge in [-0.1, -0.05) is 56.4 Å². The molecule has 0 bridgehead atoms. The molecule has 0 atom stereocenters. The van der Waals surface area contributed by atoms with Crippen LogP contribution in [-0.4, -0.2) is 23.4 Å². The van der Waals surface area contributed by atoms with Crippen LogP contribution in [-0.2, 0) is 6.42 Å². The lowest BCUT2D eigenvalue weighted by Crippen LogP contribution is -2.00. The monoisotopic (exact) mass is 328 g/mol. The molecule has 0 unspecified atom stereocenters. The van der Waals surface area contributed by atoms with Gasteiger partial charge in [-0.25, -0.2) is 0 Å². The predicted molar refractivity (Wildman–Crippen MR) is 100 cm³/mol. The van der Waals surface area contributed by atoms with Gasteiger partial charge in [-0.15, -0.1) is 0 Å². The molecule has 0 aliphatic carbocycles. The second-order valence-electron chi connectivity index (χ2n) is 5.48. The number of aliphatic hydroxyl groups is 2. The van der Waals surface area contributed by atoms with Crippen LogP contribution in [0.1, 0.15) is 31.7 Å². The summed E-state index contributed by atoms with van der Waals surface area (Å²) in [6, 6.07) is 8.11. The highest BCUT2D eigenvalue weighted by Crippen LogP contribution is 2.20. The number of benzene rings is 1. The van der Waals surface area contributed by atoms with Crippen LogP contribution in [0, 0.1) is 0 Å². The molecule has 0 amide bonds. The Morgan fingerprint density at radius 1 is 1.33 bits per heavy atom. The fraction of sp³-hybridized carbons (Fsp3) is 0.333. The predicted octanol–water partition coefficient (Wildman–Crippen LogP) is 4.90. The summed E-state index contributed by atoms with van der Waals surface area (Å²) in [5.74, 6) is 1.10. The van der Waals surface area contributed by atoms with Crippen LogP contribution in [0.25, 0.3) is 0 Å². The minimum Gasteiger partial charge on any atom is -0.509 e. The number of rotatable bonds is 4. The molecule has 0 saturated carbocycles.